The number of anilines is 1. The molecule has 0 aromatic heterocycles. The summed E-state index contributed by atoms with van der Waals surface area (Å²) in [6, 6.07) is 14.1. The average Bonchev–Trinajstić information content (AvgIpc) is 2.65. The number of benzene rings is 2. The summed E-state index contributed by atoms with van der Waals surface area (Å²) in [5, 5.41) is 0.624. The van der Waals surface area contributed by atoms with Gasteiger partial charge in [0.25, 0.3) is 0 Å². The number of halogens is 1. The lowest BCUT2D eigenvalue weighted by atomic mass is 10.1. The molecule has 1 atom stereocenters. The van der Waals surface area contributed by atoms with Gasteiger partial charge in [-0.1, -0.05) is 23.7 Å². The molecule has 1 aliphatic rings. The van der Waals surface area contributed by atoms with Crippen molar-refractivity contribution < 1.29 is 4.79 Å². The highest BCUT2D eigenvalue weighted by molar-refractivity contribution is 8.00. The minimum atomic E-state index is -0.0940. The largest absolute Gasteiger partial charge is 0.368 e. The lowest BCUT2D eigenvalue weighted by Gasteiger charge is -2.38. The van der Waals surface area contributed by atoms with E-state index < -0.39 is 0 Å². The molecule has 1 heterocycles. The van der Waals surface area contributed by atoms with Gasteiger partial charge in [-0.3, -0.25) is 4.79 Å². The van der Waals surface area contributed by atoms with E-state index in [9.17, 15) is 4.79 Å². The average molecular weight is 389 g/mol. The van der Waals surface area contributed by atoms with E-state index in [-0.39, 0.29) is 11.2 Å². The molecule has 5 heteroatoms. The first-order valence-corrected chi connectivity index (χ1v) is 10.2. The number of nitrogens with zero attached hydrogens (tertiary/aromatic N) is 2. The maximum Gasteiger partial charge on any atom is 0.235 e. The van der Waals surface area contributed by atoms with Gasteiger partial charge in [0.15, 0.2) is 0 Å². The molecule has 3 rings (SSSR count). The van der Waals surface area contributed by atoms with Crippen molar-refractivity contribution in [2.45, 2.75) is 30.9 Å². The molecule has 26 heavy (non-hydrogen) atoms. The summed E-state index contributed by atoms with van der Waals surface area (Å²) in [5.41, 5.74) is 3.94. The fourth-order valence-electron chi connectivity index (χ4n) is 3.27. The van der Waals surface area contributed by atoms with Gasteiger partial charge in [0, 0.05) is 41.8 Å². The van der Waals surface area contributed by atoms with Crippen molar-refractivity contribution in [3.8, 4) is 0 Å². The van der Waals surface area contributed by atoms with E-state index in [1.54, 1.807) is 11.8 Å². The monoisotopic (exact) mass is 388 g/mol. The van der Waals surface area contributed by atoms with Gasteiger partial charge in [0.2, 0.25) is 5.91 Å². The van der Waals surface area contributed by atoms with E-state index in [2.05, 4.69) is 36.9 Å². The van der Waals surface area contributed by atoms with Crippen LogP contribution < -0.4 is 4.90 Å². The number of piperazine rings is 1. The number of amides is 1. The zero-order valence-electron chi connectivity index (χ0n) is 15.5. The van der Waals surface area contributed by atoms with Crippen molar-refractivity contribution in [3.05, 3.63) is 58.6 Å². The van der Waals surface area contributed by atoms with Crippen LogP contribution in [0.15, 0.2) is 47.4 Å². The maximum atomic E-state index is 12.8. The summed E-state index contributed by atoms with van der Waals surface area (Å²) in [6.45, 7) is 9.62. The highest BCUT2D eigenvalue weighted by atomic mass is 35.5. The third-order valence-corrected chi connectivity index (χ3v) is 6.33. The Hall–Kier alpha value is -1.65. The highest BCUT2D eigenvalue weighted by Gasteiger charge is 2.26. The lowest BCUT2D eigenvalue weighted by Crippen LogP contribution is -2.50. The van der Waals surface area contributed by atoms with Crippen molar-refractivity contribution in [1.29, 1.82) is 0 Å². The van der Waals surface area contributed by atoms with Crippen LogP contribution in [0.25, 0.3) is 0 Å². The Morgan fingerprint density at radius 1 is 1.04 bits per heavy atom. The van der Waals surface area contributed by atoms with Gasteiger partial charge in [-0.15, -0.1) is 11.8 Å². The van der Waals surface area contributed by atoms with Crippen LogP contribution in [0.2, 0.25) is 5.02 Å². The number of rotatable bonds is 4. The lowest BCUT2D eigenvalue weighted by molar-refractivity contribution is -0.130. The first kappa shape index (κ1) is 19.1. The van der Waals surface area contributed by atoms with E-state index in [1.807, 2.05) is 36.1 Å². The quantitative estimate of drug-likeness (QED) is 0.704. The highest BCUT2D eigenvalue weighted by Crippen LogP contribution is 2.27. The van der Waals surface area contributed by atoms with E-state index in [1.165, 1.54) is 16.8 Å². The molecule has 1 saturated heterocycles. The van der Waals surface area contributed by atoms with Crippen LogP contribution in [0, 0.1) is 13.8 Å². The Balaban J connectivity index is 1.57. The Kier molecular flexibility index (Phi) is 6.15. The summed E-state index contributed by atoms with van der Waals surface area (Å²) < 4.78 is 0. The van der Waals surface area contributed by atoms with Gasteiger partial charge in [-0.2, -0.15) is 0 Å². The summed E-state index contributed by atoms with van der Waals surface area (Å²) >= 11 is 7.52. The summed E-state index contributed by atoms with van der Waals surface area (Å²) in [7, 11) is 0. The molecule has 3 nitrogen and oxygen atoms in total. The molecular formula is C21H25ClN2OS. The van der Waals surface area contributed by atoms with Crippen LogP contribution in [0.1, 0.15) is 18.1 Å². The van der Waals surface area contributed by atoms with Crippen molar-refractivity contribution >= 4 is 35.0 Å². The number of thioether (sulfide) groups is 1. The van der Waals surface area contributed by atoms with Crippen LogP contribution in [0.3, 0.4) is 0 Å². The zero-order valence-corrected chi connectivity index (χ0v) is 17.1. The zero-order chi connectivity index (χ0) is 18.7. The topological polar surface area (TPSA) is 23.6 Å². The Bertz CT molecular complexity index is 770. The molecule has 1 aliphatic heterocycles. The normalized spacial score (nSPS) is 15.8. The summed E-state index contributed by atoms with van der Waals surface area (Å²) in [5.74, 6) is 0.213. The van der Waals surface area contributed by atoms with Gasteiger partial charge in [-0.05, 0) is 62.2 Å². The fourth-order valence-corrected chi connectivity index (χ4v) is 4.35. The second-order valence-corrected chi connectivity index (χ2v) is 8.60. The third kappa shape index (κ3) is 4.36. The number of carbonyl (C=O) groups excluding carboxylic acids is 1. The molecule has 2 aromatic rings. The first-order chi connectivity index (χ1) is 12.5. The van der Waals surface area contributed by atoms with Gasteiger partial charge < -0.3 is 9.80 Å². The Morgan fingerprint density at radius 2 is 1.69 bits per heavy atom. The van der Waals surface area contributed by atoms with E-state index in [0.29, 0.717) is 0 Å². The fraction of sp³-hybridized carbons (Fsp3) is 0.381. The molecule has 0 unspecified atom stereocenters. The number of hydrogen-bond acceptors (Lipinski definition) is 3. The molecule has 0 spiro atoms. The van der Waals surface area contributed by atoms with Crippen molar-refractivity contribution in [2.75, 3.05) is 31.1 Å². The number of carbonyl (C=O) groups is 1. The smallest absolute Gasteiger partial charge is 0.235 e. The number of hydrogen-bond donors (Lipinski definition) is 0. The summed E-state index contributed by atoms with van der Waals surface area (Å²) in [6.07, 6.45) is 0. The Labute approximate surface area is 165 Å². The predicted octanol–water partition coefficient (Wildman–Crippen LogP) is 4.79. The van der Waals surface area contributed by atoms with Crippen LogP contribution in [0.5, 0.6) is 0 Å². The Morgan fingerprint density at radius 3 is 2.35 bits per heavy atom. The van der Waals surface area contributed by atoms with Crippen molar-refractivity contribution in [1.82, 2.24) is 4.90 Å². The molecule has 0 radical (unpaired) electrons. The summed E-state index contributed by atoms with van der Waals surface area (Å²) in [4.78, 5) is 18.3. The molecule has 0 N–H and O–H groups in total. The molecule has 1 amide bonds. The van der Waals surface area contributed by atoms with Gasteiger partial charge in [0.1, 0.15) is 0 Å². The third-order valence-electron chi connectivity index (χ3n) is 4.98. The van der Waals surface area contributed by atoms with E-state index in [4.69, 9.17) is 11.6 Å². The van der Waals surface area contributed by atoms with E-state index in [0.717, 1.165) is 36.1 Å². The van der Waals surface area contributed by atoms with Gasteiger partial charge in [0.05, 0.1) is 5.25 Å². The standard InChI is InChI=1S/C21H25ClN2OS/c1-15-5-4-6-20(16(15)2)23-11-13-24(14-12-23)21(25)17(3)26-19-9-7-18(22)8-10-19/h4-10,17H,11-14H2,1-3H3/t17-/m0/s1. The molecular weight excluding hydrogens is 364 g/mol. The second-order valence-electron chi connectivity index (χ2n) is 6.75. The van der Waals surface area contributed by atoms with E-state index >= 15 is 0 Å². The van der Waals surface area contributed by atoms with Gasteiger partial charge in [-0.25, -0.2) is 0 Å². The molecule has 2 aromatic carbocycles. The van der Waals surface area contributed by atoms with Crippen LogP contribution in [-0.2, 0) is 4.79 Å². The molecule has 138 valence electrons. The minimum Gasteiger partial charge on any atom is -0.368 e. The van der Waals surface area contributed by atoms with Crippen LogP contribution >= 0.6 is 23.4 Å². The molecule has 0 bridgehead atoms. The van der Waals surface area contributed by atoms with Crippen molar-refractivity contribution in [3.63, 3.8) is 0 Å². The molecule has 0 saturated carbocycles. The SMILES string of the molecule is Cc1cccc(N2CCN(C(=O)[C@H](C)Sc3ccc(Cl)cc3)CC2)c1C. The molecule has 1 fully saturated rings. The second kappa shape index (κ2) is 8.36. The maximum absolute atomic E-state index is 12.8. The van der Waals surface area contributed by atoms with Gasteiger partial charge >= 0.3 is 0 Å². The minimum absolute atomic E-state index is 0.0940. The number of aryl methyl sites for hydroxylation is 1. The van der Waals surface area contributed by atoms with Crippen molar-refractivity contribution in [2.24, 2.45) is 0 Å². The van der Waals surface area contributed by atoms with Crippen LogP contribution in [0.4, 0.5) is 5.69 Å². The first-order valence-electron chi connectivity index (χ1n) is 8.98. The predicted molar refractivity (Wildman–Crippen MR) is 111 cm³/mol. The van der Waals surface area contributed by atoms with Crippen LogP contribution in [-0.4, -0.2) is 42.2 Å². The molecule has 0 aliphatic carbocycles.